The Balaban J connectivity index is 1.42. The van der Waals surface area contributed by atoms with E-state index in [4.69, 9.17) is 0 Å². The van der Waals surface area contributed by atoms with Crippen LogP contribution in [-0.4, -0.2) is 0 Å². The van der Waals surface area contributed by atoms with Crippen LogP contribution in [0.5, 0.6) is 0 Å². The van der Waals surface area contributed by atoms with Crippen LogP contribution < -0.4 is 0 Å². The van der Waals surface area contributed by atoms with Crippen molar-refractivity contribution in [3.63, 3.8) is 0 Å². The van der Waals surface area contributed by atoms with Crippen LogP contribution in [0, 0.1) is 41.4 Å². The third-order valence-electron chi connectivity index (χ3n) is 7.15. The summed E-state index contributed by atoms with van der Waals surface area (Å²) in [5.74, 6) is 8.06. The normalized spacial score (nSPS) is 57.4. The van der Waals surface area contributed by atoms with Crippen molar-refractivity contribution < 1.29 is 0 Å². The fraction of sp³-hybridized carbons (Fsp3) is 1.00. The van der Waals surface area contributed by atoms with Crippen LogP contribution in [0.1, 0.15) is 64.7 Å². The van der Waals surface area contributed by atoms with Crippen molar-refractivity contribution in [1.29, 1.82) is 0 Å². The molecule has 0 radical (unpaired) electrons. The zero-order chi connectivity index (χ0) is 11.4. The quantitative estimate of drug-likeness (QED) is 0.604. The van der Waals surface area contributed by atoms with E-state index in [0.717, 1.165) is 17.8 Å². The molecule has 0 saturated heterocycles. The largest absolute Gasteiger partial charge is 0.0625 e. The summed E-state index contributed by atoms with van der Waals surface area (Å²) < 4.78 is 0. The summed E-state index contributed by atoms with van der Waals surface area (Å²) in [5, 5.41) is 0. The summed E-state index contributed by atoms with van der Waals surface area (Å²) in [6.45, 7) is 2.46. The van der Waals surface area contributed by atoms with Crippen molar-refractivity contribution in [2.75, 3.05) is 0 Å². The molecule has 0 heterocycles. The van der Waals surface area contributed by atoms with Crippen LogP contribution in [-0.2, 0) is 0 Å². The molecule has 4 aliphatic carbocycles. The molecule has 4 saturated carbocycles. The highest BCUT2D eigenvalue weighted by molar-refractivity contribution is 5.02. The van der Waals surface area contributed by atoms with Crippen LogP contribution >= 0.6 is 0 Å². The molecule has 0 aromatic carbocycles. The monoisotopic (exact) mass is 232 g/mol. The van der Waals surface area contributed by atoms with Gasteiger partial charge in [-0.25, -0.2) is 0 Å². The van der Waals surface area contributed by atoms with Gasteiger partial charge in [0.05, 0.1) is 0 Å². The Morgan fingerprint density at radius 1 is 0.529 bits per heavy atom. The molecule has 0 nitrogen and oxygen atoms in total. The number of fused-ring (bicyclic) bond motifs is 5. The molecule has 0 aromatic heterocycles. The highest BCUT2D eigenvalue weighted by Crippen LogP contribution is 2.61. The molecular weight excluding hydrogens is 204 g/mol. The first-order chi connectivity index (χ1) is 8.31. The van der Waals surface area contributed by atoms with Gasteiger partial charge in [0.2, 0.25) is 0 Å². The summed E-state index contributed by atoms with van der Waals surface area (Å²) in [6, 6.07) is 0. The number of hydrogen-bond donors (Lipinski definition) is 0. The molecule has 0 aliphatic heterocycles. The van der Waals surface area contributed by atoms with Gasteiger partial charge in [-0.3, -0.25) is 0 Å². The molecule has 4 atom stereocenters. The van der Waals surface area contributed by atoms with E-state index < -0.39 is 0 Å². The van der Waals surface area contributed by atoms with Crippen molar-refractivity contribution >= 4 is 0 Å². The van der Waals surface area contributed by atoms with E-state index in [0.29, 0.717) is 0 Å². The van der Waals surface area contributed by atoms with Gasteiger partial charge in [0.15, 0.2) is 0 Å². The van der Waals surface area contributed by atoms with Gasteiger partial charge >= 0.3 is 0 Å². The fourth-order valence-electron chi connectivity index (χ4n) is 6.20. The van der Waals surface area contributed by atoms with Gasteiger partial charge in [-0.05, 0) is 86.4 Å². The number of hydrogen-bond acceptors (Lipinski definition) is 0. The lowest BCUT2D eigenvalue weighted by molar-refractivity contribution is 0.202. The summed E-state index contributed by atoms with van der Waals surface area (Å²) in [7, 11) is 0. The van der Waals surface area contributed by atoms with E-state index in [-0.39, 0.29) is 0 Å². The summed E-state index contributed by atoms with van der Waals surface area (Å²) in [5.41, 5.74) is 0. The van der Waals surface area contributed by atoms with Gasteiger partial charge in [-0.1, -0.05) is 19.8 Å². The van der Waals surface area contributed by atoms with Crippen LogP contribution in [0.15, 0.2) is 0 Å². The Morgan fingerprint density at radius 2 is 1.06 bits per heavy atom. The molecule has 96 valence electrons. The third kappa shape index (κ3) is 1.70. The van der Waals surface area contributed by atoms with Gasteiger partial charge in [-0.2, -0.15) is 0 Å². The molecule has 0 spiro atoms. The molecular formula is C17H28. The van der Waals surface area contributed by atoms with Crippen LogP contribution in [0.4, 0.5) is 0 Å². The van der Waals surface area contributed by atoms with Crippen molar-refractivity contribution in [2.24, 2.45) is 41.4 Å². The fourth-order valence-corrected chi connectivity index (χ4v) is 6.20. The second-order valence-corrected chi connectivity index (χ2v) is 7.91. The number of rotatable bonds is 1. The molecule has 4 aliphatic rings. The molecule has 4 rings (SSSR count). The third-order valence-corrected chi connectivity index (χ3v) is 7.15. The molecule has 4 fully saturated rings. The summed E-state index contributed by atoms with van der Waals surface area (Å²) in [6.07, 6.45) is 14.3. The highest BCUT2D eigenvalue weighted by Gasteiger charge is 2.52. The maximum atomic E-state index is 2.46. The van der Waals surface area contributed by atoms with E-state index >= 15 is 0 Å². The lowest BCUT2D eigenvalue weighted by Gasteiger charge is -2.31. The first kappa shape index (κ1) is 10.9. The smallest absolute Gasteiger partial charge is 0.0352 e. The zero-order valence-electron chi connectivity index (χ0n) is 11.4. The molecule has 2 bridgehead atoms. The van der Waals surface area contributed by atoms with Crippen molar-refractivity contribution in [3.05, 3.63) is 0 Å². The predicted octanol–water partition coefficient (Wildman–Crippen LogP) is 4.89. The second kappa shape index (κ2) is 4.00. The van der Waals surface area contributed by atoms with Gasteiger partial charge < -0.3 is 0 Å². The van der Waals surface area contributed by atoms with E-state index in [1.165, 1.54) is 36.5 Å². The lowest BCUT2D eigenvalue weighted by Crippen LogP contribution is -2.20. The van der Waals surface area contributed by atoms with Crippen molar-refractivity contribution in [3.8, 4) is 0 Å². The topological polar surface area (TPSA) is 0 Å². The van der Waals surface area contributed by atoms with Gasteiger partial charge in [0, 0.05) is 0 Å². The Morgan fingerprint density at radius 3 is 1.65 bits per heavy atom. The molecule has 0 heteroatoms. The molecule has 4 unspecified atom stereocenters. The SMILES string of the molecule is CC1CCC(C2CC3C4CCC(C4)C3C2)CC1. The Hall–Kier alpha value is 0. The maximum Gasteiger partial charge on any atom is -0.0352 e. The zero-order valence-corrected chi connectivity index (χ0v) is 11.4. The van der Waals surface area contributed by atoms with Crippen molar-refractivity contribution in [1.82, 2.24) is 0 Å². The van der Waals surface area contributed by atoms with E-state index in [2.05, 4.69) is 6.92 Å². The van der Waals surface area contributed by atoms with E-state index in [1.807, 2.05) is 0 Å². The molecule has 0 N–H and O–H groups in total. The lowest BCUT2D eigenvalue weighted by atomic mass is 9.75. The average molecular weight is 232 g/mol. The first-order valence-electron chi connectivity index (χ1n) is 8.31. The van der Waals surface area contributed by atoms with Gasteiger partial charge in [0.1, 0.15) is 0 Å². The van der Waals surface area contributed by atoms with E-state index in [1.54, 1.807) is 44.9 Å². The maximum absolute atomic E-state index is 2.46. The standard InChI is InChI=1S/C17H28/c1-11-2-4-12(5-3-11)15-9-16-13-6-7-14(8-13)17(16)10-15/h11-17H,2-10H2,1H3. The predicted molar refractivity (Wildman–Crippen MR) is 71.7 cm³/mol. The molecule has 0 aromatic rings. The minimum atomic E-state index is 1.03. The highest BCUT2D eigenvalue weighted by atomic mass is 14.6. The van der Waals surface area contributed by atoms with Crippen LogP contribution in [0.2, 0.25) is 0 Å². The average Bonchev–Trinajstić information content (AvgIpc) is 3.02. The van der Waals surface area contributed by atoms with E-state index in [9.17, 15) is 0 Å². The van der Waals surface area contributed by atoms with Gasteiger partial charge in [0.25, 0.3) is 0 Å². The summed E-state index contributed by atoms with van der Waals surface area (Å²) in [4.78, 5) is 0. The molecule has 17 heavy (non-hydrogen) atoms. The van der Waals surface area contributed by atoms with Crippen molar-refractivity contribution in [2.45, 2.75) is 64.7 Å². The minimum absolute atomic E-state index is 1.03. The summed E-state index contributed by atoms with van der Waals surface area (Å²) >= 11 is 0. The Kier molecular flexibility index (Phi) is 2.56. The first-order valence-corrected chi connectivity index (χ1v) is 8.31. The Labute approximate surface area is 107 Å². The molecule has 0 amide bonds. The Bertz CT molecular complexity index is 268. The second-order valence-electron chi connectivity index (χ2n) is 7.91. The minimum Gasteiger partial charge on any atom is -0.0625 e. The van der Waals surface area contributed by atoms with Crippen LogP contribution in [0.25, 0.3) is 0 Å². The van der Waals surface area contributed by atoms with Gasteiger partial charge in [-0.15, -0.1) is 0 Å². The van der Waals surface area contributed by atoms with Crippen LogP contribution in [0.3, 0.4) is 0 Å².